The maximum absolute atomic E-state index is 13.5. The van der Waals surface area contributed by atoms with Crippen molar-refractivity contribution in [3.8, 4) is 0 Å². The Morgan fingerprint density at radius 3 is 2.59 bits per heavy atom. The highest BCUT2D eigenvalue weighted by Gasteiger charge is 2.35. The van der Waals surface area contributed by atoms with Crippen molar-refractivity contribution >= 4 is 5.91 Å². The molecule has 0 spiro atoms. The first-order valence-corrected chi connectivity index (χ1v) is 9.58. The quantitative estimate of drug-likeness (QED) is 0.729. The van der Waals surface area contributed by atoms with Gasteiger partial charge in [0.1, 0.15) is 17.7 Å². The monoisotopic (exact) mass is 412 g/mol. The predicted molar refractivity (Wildman–Crippen MR) is 94.8 cm³/mol. The molecule has 6 nitrogen and oxygen atoms in total. The van der Waals surface area contributed by atoms with E-state index in [0.717, 1.165) is 23.6 Å². The van der Waals surface area contributed by atoms with Crippen molar-refractivity contribution in [2.24, 2.45) is 0 Å². The fourth-order valence-corrected chi connectivity index (χ4v) is 4.08. The molecule has 0 N–H and O–H groups in total. The van der Waals surface area contributed by atoms with E-state index < -0.39 is 29.3 Å². The van der Waals surface area contributed by atoms with Crippen LogP contribution in [0.1, 0.15) is 48.7 Å². The van der Waals surface area contributed by atoms with Crippen molar-refractivity contribution in [2.75, 3.05) is 13.1 Å². The molecule has 10 heteroatoms. The Hall–Kier alpha value is -2.65. The van der Waals surface area contributed by atoms with Crippen LogP contribution < -0.4 is 5.69 Å². The molecule has 1 amide bonds. The molecule has 156 valence electrons. The summed E-state index contributed by atoms with van der Waals surface area (Å²) in [5.41, 5.74) is -1.80. The molecule has 29 heavy (non-hydrogen) atoms. The zero-order valence-electron chi connectivity index (χ0n) is 15.6. The number of likely N-dealkylation sites (tertiary alicyclic amines) is 1. The van der Waals surface area contributed by atoms with Gasteiger partial charge in [-0.15, -0.1) is 0 Å². The number of aromatic nitrogens is 3. The minimum atomic E-state index is -4.83. The molecule has 1 unspecified atom stereocenters. The molecule has 3 heterocycles. The molecule has 1 aromatic heterocycles. The molecule has 0 radical (unpaired) electrons. The zero-order chi connectivity index (χ0) is 20.8. The van der Waals surface area contributed by atoms with Crippen LogP contribution in [0.5, 0.6) is 0 Å². The minimum Gasteiger partial charge on any atom is -0.341 e. The standard InChI is InChI=1S/C19H20F4N4O2/c20-14-7-6-12(10-13(14)19(21,22)23)11-26-18(29)27-15(4-3-5-16(27)24-26)17(28)25-8-1-2-9-25/h6-7,10,15H,1-5,8-9,11H2. The Kier molecular flexibility index (Phi) is 4.95. The second-order valence-corrected chi connectivity index (χ2v) is 7.48. The molecule has 0 saturated carbocycles. The van der Waals surface area contributed by atoms with Gasteiger partial charge < -0.3 is 4.90 Å². The lowest BCUT2D eigenvalue weighted by Gasteiger charge is -2.27. The number of carbonyl (C=O) groups is 1. The molecule has 1 atom stereocenters. The van der Waals surface area contributed by atoms with Crippen molar-refractivity contribution in [3.63, 3.8) is 0 Å². The third-order valence-electron chi connectivity index (χ3n) is 5.50. The van der Waals surface area contributed by atoms with Gasteiger partial charge in [0.15, 0.2) is 0 Å². The van der Waals surface area contributed by atoms with Crippen LogP contribution in [0.4, 0.5) is 17.6 Å². The Morgan fingerprint density at radius 2 is 1.90 bits per heavy atom. The lowest BCUT2D eigenvalue weighted by molar-refractivity contribution is -0.140. The maximum Gasteiger partial charge on any atom is 0.419 e. The fraction of sp³-hybridized carbons (Fsp3) is 0.526. The molecule has 2 aliphatic heterocycles. The van der Waals surface area contributed by atoms with Gasteiger partial charge in [-0.05, 0) is 43.4 Å². The van der Waals surface area contributed by atoms with E-state index in [1.165, 1.54) is 10.6 Å². The zero-order valence-corrected chi connectivity index (χ0v) is 15.6. The van der Waals surface area contributed by atoms with Crippen molar-refractivity contribution in [1.29, 1.82) is 0 Å². The first-order valence-electron chi connectivity index (χ1n) is 9.58. The number of fused-ring (bicyclic) bond motifs is 1. The normalized spacial score (nSPS) is 19.4. The number of benzene rings is 1. The number of aryl methyl sites for hydroxylation is 1. The number of halogens is 4. The number of hydrogen-bond donors (Lipinski definition) is 0. The SMILES string of the molecule is O=C(C1CCCc2nn(Cc3ccc(F)c(C(F)(F)F)c3)c(=O)n21)N1CCCC1. The second-order valence-electron chi connectivity index (χ2n) is 7.48. The Balaban J connectivity index is 1.64. The summed E-state index contributed by atoms with van der Waals surface area (Å²) in [6, 6.07) is 1.99. The summed E-state index contributed by atoms with van der Waals surface area (Å²) < 4.78 is 54.8. The smallest absolute Gasteiger partial charge is 0.341 e. The number of amides is 1. The summed E-state index contributed by atoms with van der Waals surface area (Å²) in [5.74, 6) is -1.02. The lowest BCUT2D eigenvalue weighted by Crippen LogP contribution is -2.41. The van der Waals surface area contributed by atoms with Crippen LogP contribution in [0.2, 0.25) is 0 Å². The van der Waals surface area contributed by atoms with Gasteiger partial charge in [-0.2, -0.15) is 18.3 Å². The summed E-state index contributed by atoms with van der Waals surface area (Å²) >= 11 is 0. The minimum absolute atomic E-state index is 0.105. The van der Waals surface area contributed by atoms with Crippen molar-refractivity contribution < 1.29 is 22.4 Å². The van der Waals surface area contributed by atoms with Gasteiger partial charge >= 0.3 is 11.9 Å². The lowest BCUT2D eigenvalue weighted by atomic mass is 10.0. The number of nitrogens with zero attached hydrogens (tertiary/aromatic N) is 4. The van der Waals surface area contributed by atoms with Crippen molar-refractivity contribution in [3.05, 3.63) is 51.5 Å². The molecule has 4 rings (SSSR count). The van der Waals surface area contributed by atoms with Crippen LogP contribution in [0.25, 0.3) is 0 Å². The third-order valence-corrected chi connectivity index (χ3v) is 5.50. The largest absolute Gasteiger partial charge is 0.419 e. The van der Waals surface area contributed by atoms with Crippen LogP contribution in [0.15, 0.2) is 23.0 Å². The van der Waals surface area contributed by atoms with Crippen LogP contribution >= 0.6 is 0 Å². The molecule has 1 saturated heterocycles. The highest BCUT2D eigenvalue weighted by Crippen LogP contribution is 2.32. The van der Waals surface area contributed by atoms with Gasteiger partial charge in [-0.3, -0.25) is 9.36 Å². The molecule has 1 aromatic carbocycles. The Morgan fingerprint density at radius 1 is 1.17 bits per heavy atom. The first-order chi connectivity index (χ1) is 13.8. The fourth-order valence-electron chi connectivity index (χ4n) is 4.08. The second kappa shape index (κ2) is 7.31. The van der Waals surface area contributed by atoms with Crippen LogP contribution in [-0.2, 0) is 23.9 Å². The Labute approximate surface area is 163 Å². The van der Waals surface area contributed by atoms with E-state index in [1.807, 2.05) is 0 Å². The van der Waals surface area contributed by atoms with Gasteiger partial charge in [-0.25, -0.2) is 13.9 Å². The number of hydrogen-bond acceptors (Lipinski definition) is 3. The van der Waals surface area contributed by atoms with E-state index in [-0.39, 0.29) is 18.0 Å². The summed E-state index contributed by atoms with van der Waals surface area (Å²) in [6.07, 6.45) is -1.20. The van der Waals surface area contributed by atoms with Gasteiger partial charge in [0.05, 0.1) is 12.1 Å². The molecule has 1 fully saturated rings. The average Bonchev–Trinajstić information content (AvgIpc) is 3.31. The molecular formula is C19H20F4N4O2. The van der Waals surface area contributed by atoms with Gasteiger partial charge in [-0.1, -0.05) is 6.07 Å². The van der Waals surface area contributed by atoms with E-state index >= 15 is 0 Å². The highest BCUT2D eigenvalue weighted by molar-refractivity contribution is 5.80. The number of rotatable bonds is 3. The van der Waals surface area contributed by atoms with E-state index in [4.69, 9.17) is 0 Å². The summed E-state index contributed by atoms with van der Waals surface area (Å²) in [6.45, 7) is 1.11. The van der Waals surface area contributed by atoms with E-state index in [9.17, 15) is 27.2 Å². The number of alkyl halides is 3. The maximum atomic E-state index is 13.5. The Bertz CT molecular complexity index is 989. The highest BCUT2D eigenvalue weighted by atomic mass is 19.4. The van der Waals surface area contributed by atoms with Crippen molar-refractivity contribution in [2.45, 2.75) is 50.9 Å². The van der Waals surface area contributed by atoms with E-state index in [0.29, 0.717) is 44.2 Å². The first kappa shape index (κ1) is 19.7. The van der Waals surface area contributed by atoms with E-state index in [2.05, 4.69) is 5.10 Å². The molecule has 2 aliphatic rings. The molecule has 0 aliphatic carbocycles. The average molecular weight is 412 g/mol. The van der Waals surface area contributed by atoms with E-state index in [1.54, 1.807) is 4.90 Å². The van der Waals surface area contributed by atoms with Crippen molar-refractivity contribution in [1.82, 2.24) is 19.2 Å². The summed E-state index contributed by atoms with van der Waals surface area (Å²) in [4.78, 5) is 27.5. The van der Waals surface area contributed by atoms with Gasteiger partial charge in [0.2, 0.25) is 5.91 Å². The summed E-state index contributed by atoms with van der Waals surface area (Å²) in [7, 11) is 0. The topological polar surface area (TPSA) is 60.1 Å². The van der Waals surface area contributed by atoms with Crippen LogP contribution in [-0.4, -0.2) is 38.2 Å². The number of carbonyl (C=O) groups excluding carboxylic acids is 1. The van der Waals surface area contributed by atoms with Crippen LogP contribution in [0, 0.1) is 5.82 Å². The summed E-state index contributed by atoms with van der Waals surface area (Å²) in [5, 5.41) is 4.24. The van der Waals surface area contributed by atoms with Gasteiger partial charge in [0, 0.05) is 19.5 Å². The van der Waals surface area contributed by atoms with Gasteiger partial charge in [0.25, 0.3) is 0 Å². The van der Waals surface area contributed by atoms with Crippen LogP contribution in [0.3, 0.4) is 0 Å². The molecule has 0 bridgehead atoms. The third kappa shape index (κ3) is 3.67. The molecule has 2 aromatic rings. The predicted octanol–water partition coefficient (Wildman–Crippen LogP) is 2.75. The molecular weight excluding hydrogens is 392 g/mol.